The van der Waals surface area contributed by atoms with Gasteiger partial charge in [-0.05, 0) is 37.6 Å². The van der Waals surface area contributed by atoms with Gasteiger partial charge in [0.05, 0.1) is 13.2 Å². The van der Waals surface area contributed by atoms with Crippen LogP contribution in [-0.4, -0.2) is 65.8 Å². The average molecular weight is 326 g/mol. The Morgan fingerprint density at radius 2 is 1.96 bits per heavy atom. The van der Waals surface area contributed by atoms with E-state index in [1.807, 2.05) is 6.92 Å². The lowest BCUT2D eigenvalue weighted by Crippen LogP contribution is -2.66. The van der Waals surface area contributed by atoms with Crippen LogP contribution in [0, 0.1) is 17.3 Å². The summed E-state index contributed by atoms with van der Waals surface area (Å²) in [5, 5.41) is 9.37. The van der Waals surface area contributed by atoms with E-state index < -0.39 is 6.09 Å². The third-order valence-electron chi connectivity index (χ3n) is 5.09. The lowest BCUT2D eigenvalue weighted by molar-refractivity contribution is -0.145. The van der Waals surface area contributed by atoms with Gasteiger partial charge in [-0.2, -0.15) is 0 Å². The number of hydrogen-bond acceptors (Lipinski definition) is 4. The Morgan fingerprint density at radius 3 is 2.52 bits per heavy atom. The van der Waals surface area contributed by atoms with Gasteiger partial charge in [0.1, 0.15) is 0 Å². The van der Waals surface area contributed by atoms with Crippen LogP contribution in [0.1, 0.15) is 40.5 Å². The molecule has 2 aliphatic rings. The van der Waals surface area contributed by atoms with E-state index in [-0.39, 0.29) is 17.4 Å². The molecule has 3 atom stereocenters. The van der Waals surface area contributed by atoms with Crippen LogP contribution in [0.5, 0.6) is 0 Å². The molecule has 2 aliphatic heterocycles. The van der Waals surface area contributed by atoms with Crippen molar-refractivity contribution in [2.24, 2.45) is 17.3 Å². The third-order valence-corrected chi connectivity index (χ3v) is 5.09. The van der Waals surface area contributed by atoms with Crippen LogP contribution in [0.3, 0.4) is 0 Å². The highest BCUT2D eigenvalue weighted by atomic mass is 16.5. The number of hydrogen-bond donors (Lipinski definition) is 1. The number of nitrogens with zero attached hydrogens (tertiary/aromatic N) is 2. The van der Waals surface area contributed by atoms with Crippen LogP contribution in [0.4, 0.5) is 4.79 Å². The highest BCUT2D eigenvalue weighted by Gasteiger charge is 2.51. The van der Waals surface area contributed by atoms with E-state index in [0.717, 1.165) is 25.9 Å². The first-order chi connectivity index (χ1) is 10.7. The van der Waals surface area contributed by atoms with Crippen molar-refractivity contribution in [2.45, 2.75) is 46.6 Å². The SMILES string of the molecule is CCOC(=O)CN1CCCC(C2CN(C(=O)O)C2C(C)(C)C)C1. The zero-order valence-electron chi connectivity index (χ0n) is 14.7. The summed E-state index contributed by atoms with van der Waals surface area (Å²) in [6, 6.07) is 0.0625. The normalized spacial score (nSPS) is 29.0. The first kappa shape index (κ1) is 18.0. The van der Waals surface area contributed by atoms with Crippen molar-refractivity contribution < 1.29 is 19.4 Å². The summed E-state index contributed by atoms with van der Waals surface area (Å²) in [7, 11) is 0. The van der Waals surface area contributed by atoms with E-state index in [1.165, 1.54) is 0 Å². The maximum Gasteiger partial charge on any atom is 0.407 e. The maximum atomic E-state index is 11.7. The number of likely N-dealkylation sites (tertiary alicyclic amines) is 2. The molecule has 6 heteroatoms. The van der Waals surface area contributed by atoms with Crippen LogP contribution in [0.25, 0.3) is 0 Å². The van der Waals surface area contributed by atoms with Gasteiger partial charge < -0.3 is 14.7 Å². The highest BCUT2D eigenvalue weighted by Crippen LogP contribution is 2.44. The molecule has 0 aromatic rings. The minimum Gasteiger partial charge on any atom is -0.465 e. The summed E-state index contributed by atoms with van der Waals surface area (Å²) in [6.07, 6.45) is 1.36. The quantitative estimate of drug-likeness (QED) is 0.803. The van der Waals surface area contributed by atoms with Crippen LogP contribution in [0.15, 0.2) is 0 Å². The molecule has 3 unspecified atom stereocenters. The van der Waals surface area contributed by atoms with E-state index in [2.05, 4.69) is 25.7 Å². The Bertz CT molecular complexity index is 446. The Hall–Kier alpha value is -1.30. The summed E-state index contributed by atoms with van der Waals surface area (Å²) >= 11 is 0. The Kier molecular flexibility index (Phi) is 5.55. The number of carbonyl (C=O) groups is 2. The fourth-order valence-electron chi connectivity index (χ4n) is 4.22. The second-order valence-electron chi connectivity index (χ2n) is 7.85. The van der Waals surface area contributed by atoms with Crippen molar-refractivity contribution in [2.75, 3.05) is 32.8 Å². The van der Waals surface area contributed by atoms with E-state index in [9.17, 15) is 14.7 Å². The molecule has 0 saturated carbocycles. The number of rotatable bonds is 4. The zero-order chi connectivity index (χ0) is 17.2. The number of amides is 1. The predicted molar refractivity (Wildman–Crippen MR) is 87.3 cm³/mol. The van der Waals surface area contributed by atoms with Gasteiger partial charge in [-0.3, -0.25) is 9.69 Å². The zero-order valence-corrected chi connectivity index (χ0v) is 14.7. The molecular formula is C17H30N2O4. The van der Waals surface area contributed by atoms with E-state index in [0.29, 0.717) is 31.5 Å². The van der Waals surface area contributed by atoms with Crippen molar-refractivity contribution in [3.8, 4) is 0 Å². The molecular weight excluding hydrogens is 296 g/mol. The second-order valence-corrected chi connectivity index (χ2v) is 7.85. The van der Waals surface area contributed by atoms with Crippen LogP contribution >= 0.6 is 0 Å². The molecule has 2 fully saturated rings. The predicted octanol–water partition coefficient (Wildman–Crippen LogP) is 2.29. The molecule has 0 aromatic carbocycles. The van der Waals surface area contributed by atoms with Crippen molar-refractivity contribution in [1.82, 2.24) is 9.80 Å². The highest BCUT2D eigenvalue weighted by molar-refractivity contribution is 5.71. The largest absolute Gasteiger partial charge is 0.465 e. The summed E-state index contributed by atoms with van der Waals surface area (Å²) in [5.74, 6) is 0.676. The van der Waals surface area contributed by atoms with Crippen LogP contribution in [0.2, 0.25) is 0 Å². The standard InChI is InChI=1S/C17H30N2O4/c1-5-23-14(20)11-18-8-6-7-12(9-18)13-10-19(16(21)22)15(13)17(2,3)4/h12-13,15H,5-11H2,1-4H3,(H,21,22). The van der Waals surface area contributed by atoms with Crippen molar-refractivity contribution in [3.05, 3.63) is 0 Å². The lowest BCUT2D eigenvalue weighted by atomic mass is 9.66. The number of piperidine rings is 1. The fraction of sp³-hybridized carbons (Fsp3) is 0.882. The van der Waals surface area contributed by atoms with Crippen molar-refractivity contribution in [3.63, 3.8) is 0 Å². The molecule has 2 heterocycles. The minimum absolute atomic E-state index is 0.0625. The molecule has 0 aromatic heterocycles. The topological polar surface area (TPSA) is 70.1 Å². The molecule has 23 heavy (non-hydrogen) atoms. The van der Waals surface area contributed by atoms with Crippen LogP contribution in [-0.2, 0) is 9.53 Å². The lowest BCUT2D eigenvalue weighted by Gasteiger charge is -2.56. The summed E-state index contributed by atoms with van der Waals surface area (Å²) in [6.45, 7) is 11.3. The van der Waals surface area contributed by atoms with E-state index in [4.69, 9.17) is 4.74 Å². The monoisotopic (exact) mass is 326 g/mol. The summed E-state index contributed by atoms with van der Waals surface area (Å²) in [5.41, 5.74) is -0.0648. The fourth-order valence-corrected chi connectivity index (χ4v) is 4.22. The summed E-state index contributed by atoms with van der Waals surface area (Å²) in [4.78, 5) is 26.8. The molecule has 0 aliphatic carbocycles. The van der Waals surface area contributed by atoms with Gasteiger partial charge in [0, 0.05) is 25.0 Å². The van der Waals surface area contributed by atoms with E-state index in [1.54, 1.807) is 4.90 Å². The summed E-state index contributed by atoms with van der Waals surface area (Å²) < 4.78 is 5.04. The Labute approximate surface area is 138 Å². The van der Waals surface area contributed by atoms with E-state index >= 15 is 0 Å². The molecule has 0 bridgehead atoms. The number of carbonyl (C=O) groups excluding carboxylic acids is 1. The second kappa shape index (κ2) is 7.07. The Morgan fingerprint density at radius 1 is 1.26 bits per heavy atom. The molecule has 132 valence electrons. The van der Waals surface area contributed by atoms with Gasteiger partial charge in [-0.25, -0.2) is 4.79 Å². The molecule has 1 N–H and O–H groups in total. The van der Waals surface area contributed by atoms with Gasteiger partial charge in [0.2, 0.25) is 0 Å². The molecule has 0 spiro atoms. The smallest absolute Gasteiger partial charge is 0.407 e. The maximum absolute atomic E-state index is 11.7. The van der Waals surface area contributed by atoms with Gasteiger partial charge >= 0.3 is 12.1 Å². The molecule has 0 radical (unpaired) electrons. The molecule has 1 amide bonds. The first-order valence-electron chi connectivity index (χ1n) is 8.61. The molecule has 6 nitrogen and oxygen atoms in total. The molecule has 2 saturated heterocycles. The van der Waals surface area contributed by atoms with Gasteiger partial charge in [0.15, 0.2) is 0 Å². The van der Waals surface area contributed by atoms with Crippen molar-refractivity contribution in [1.29, 1.82) is 0 Å². The average Bonchev–Trinajstić information content (AvgIpc) is 2.35. The Balaban J connectivity index is 1.98. The third kappa shape index (κ3) is 4.16. The van der Waals surface area contributed by atoms with Gasteiger partial charge in [-0.1, -0.05) is 20.8 Å². The minimum atomic E-state index is -0.819. The number of ether oxygens (including phenoxy) is 1. The number of carboxylic acid groups (broad SMARTS) is 1. The first-order valence-corrected chi connectivity index (χ1v) is 8.61. The van der Waals surface area contributed by atoms with Gasteiger partial charge in [-0.15, -0.1) is 0 Å². The van der Waals surface area contributed by atoms with Crippen molar-refractivity contribution >= 4 is 12.1 Å². The molecule has 2 rings (SSSR count). The van der Waals surface area contributed by atoms with Crippen LogP contribution < -0.4 is 0 Å². The number of esters is 1. The van der Waals surface area contributed by atoms with Gasteiger partial charge in [0.25, 0.3) is 0 Å².